The molecule has 12 heavy (non-hydrogen) atoms. The molecule has 0 nitrogen and oxygen atoms in total. The van der Waals surface area contributed by atoms with E-state index in [0.29, 0.717) is 0 Å². The van der Waals surface area contributed by atoms with Crippen molar-refractivity contribution < 1.29 is 0 Å². The predicted octanol–water partition coefficient (Wildman–Crippen LogP) is 2.22. The van der Waals surface area contributed by atoms with Gasteiger partial charge in [0.2, 0.25) is 0 Å². The summed E-state index contributed by atoms with van der Waals surface area (Å²) >= 11 is 0. The standard InChI is InChI=1S/C12H8/c1-5-2-10-8-3-6(5)7-4-11(8)12(10)9(1)7/h1-4,6-7,10,12H. The predicted molar refractivity (Wildman–Crippen MR) is 46.3 cm³/mol. The van der Waals surface area contributed by atoms with Crippen molar-refractivity contribution in [2.45, 2.75) is 0 Å². The Morgan fingerprint density at radius 1 is 0.833 bits per heavy atom. The van der Waals surface area contributed by atoms with Crippen LogP contribution in [-0.4, -0.2) is 0 Å². The molecule has 0 aromatic carbocycles. The fourth-order valence-electron chi connectivity index (χ4n) is 3.88. The van der Waals surface area contributed by atoms with Crippen LogP contribution in [0.25, 0.3) is 0 Å². The third-order valence-corrected chi connectivity index (χ3v) is 4.33. The Hall–Kier alpha value is -1.04. The number of fused-ring (bicyclic) bond motifs is 8. The van der Waals surface area contributed by atoms with E-state index >= 15 is 0 Å². The Balaban J connectivity index is 2.05. The molecule has 4 unspecified atom stereocenters. The molecule has 1 fully saturated rings. The van der Waals surface area contributed by atoms with E-state index in [2.05, 4.69) is 24.3 Å². The van der Waals surface area contributed by atoms with E-state index in [4.69, 9.17) is 0 Å². The molecule has 0 radical (unpaired) electrons. The Labute approximate surface area is 71.0 Å². The van der Waals surface area contributed by atoms with Crippen molar-refractivity contribution in [3.05, 3.63) is 46.6 Å². The lowest BCUT2D eigenvalue weighted by atomic mass is 9.60. The number of hydrogen-bond donors (Lipinski definition) is 0. The van der Waals surface area contributed by atoms with Crippen LogP contribution in [0.3, 0.4) is 0 Å². The van der Waals surface area contributed by atoms with Gasteiger partial charge in [0.1, 0.15) is 0 Å². The molecule has 0 spiro atoms. The molecular weight excluding hydrogens is 144 g/mol. The lowest BCUT2D eigenvalue weighted by molar-refractivity contribution is 0.503. The van der Waals surface area contributed by atoms with Gasteiger partial charge in [-0.2, -0.15) is 0 Å². The highest BCUT2D eigenvalue weighted by atomic mass is 14.6. The minimum absolute atomic E-state index is 0.766. The lowest BCUT2D eigenvalue weighted by Crippen LogP contribution is -2.32. The zero-order valence-electron chi connectivity index (χ0n) is 6.62. The normalized spacial score (nSPS) is 53.3. The fraction of sp³-hybridized carbons (Fsp3) is 0.333. The molecule has 1 saturated carbocycles. The fourth-order valence-corrected chi connectivity index (χ4v) is 3.88. The van der Waals surface area contributed by atoms with Crippen LogP contribution >= 0.6 is 0 Å². The van der Waals surface area contributed by atoms with Crippen LogP contribution in [0, 0.1) is 23.7 Å². The van der Waals surface area contributed by atoms with Gasteiger partial charge in [0, 0.05) is 23.7 Å². The minimum atomic E-state index is 0.766. The maximum absolute atomic E-state index is 2.53. The highest BCUT2D eigenvalue weighted by molar-refractivity contribution is 5.71. The first kappa shape index (κ1) is 4.86. The maximum atomic E-state index is 2.53. The highest BCUT2D eigenvalue weighted by Gasteiger charge is 2.57. The van der Waals surface area contributed by atoms with Crippen LogP contribution in [0.1, 0.15) is 0 Å². The summed E-state index contributed by atoms with van der Waals surface area (Å²) in [6.07, 6.45) is 10.1. The molecule has 0 aliphatic heterocycles. The van der Waals surface area contributed by atoms with Crippen LogP contribution in [0.2, 0.25) is 0 Å². The van der Waals surface area contributed by atoms with Crippen LogP contribution in [0.5, 0.6) is 0 Å². The minimum Gasteiger partial charge on any atom is -0.0722 e. The van der Waals surface area contributed by atoms with E-state index in [1.807, 2.05) is 0 Å². The number of hydrogen-bond acceptors (Lipinski definition) is 0. The topological polar surface area (TPSA) is 0 Å². The van der Waals surface area contributed by atoms with Crippen LogP contribution in [0.15, 0.2) is 46.6 Å². The molecule has 0 bridgehead atoms. The Kier molecular flexibility index (Phi) is 0.445. The van der Waals surface area contributed by atoms with E-state index < -0.39 is 0 Å². The second-order valence-electron chi connectivity index (χ2n) is 4.61. The SMILES string of the molecule is C1=C2C=C3C4C=C5C(=CC24)C1C53. The Morgan fingerprint density at radius 3 is 2.75 bits per heavy atom. The average Bonchev–Trinajstić information content (AvgIpc) is 2.46. The number of allylic oxidation sites excluding steroid dienone is 8. The first-order chi connectivity index (χ1) is 5.93. The summed E-state index contributed by atoms with van der Waals surface area (Å²) in [5.74, 6) is 3.22. The van der Waals surface area contributed by atoms with E-state index in [1.54, 1.807) is 22.3 Å². The smallest absolute Gasteiger partial charge is 0.0161 e. The summed E-state index contributed by atoms with van der Waals surface area (Å²) in [6.45, 7) is 0. The van der Waals surface area contributed by atoms with Gasteiger partial charge in [0.05, 0.1) is 0 Å². The molecule has 4 aliphatic rings. The summed E-state index contributed by atoms with van der Waals surface area (Å²) < 4.78 is 0. The van der Waals surface area contributed by atoms with Crippen molar-refractivity contribution in [3.8, 4) is 0 Å². The first-order valence-corrected chi connectivity index (χ1v) is 4.80. The second-order valence-corrected chi connectivity index (χ2v) is 4.61. The lowest BCUT2D eigenvalue weighted by Gasteiger charge is -2.43. The van der Waals surface area contributed by atoms with Crippen LogP contribution < -0.4 is 0 Å². The van der Waals surface area contributed by atoms with Crippen LogP contribution in [0.4, 0.5) is 0 Å². The van der Waals surface area contributed by atoms with E-state index in [9.17, 15) is 0 Å². The van der Waals surface area contributed by atoms with Gasteiger partial charge >= 0.3 is 0 Å². The van der Waals surface area contributed by atoms with Crippen molar-refractivity contribution in [1.29, 1.82) is 0 Å². The van der Waals surface area contributed by atoms with Crippen molar-refractivity contribution >= 4 is 0 Å². The molecular formula is C12H8. The molecule has 0 N–H and O–H groups in total. The van der Waals surface area contributed by atoms with E-state index in [-0.39, 0.29) is 0 Å². The van der Waals surface area contributed by atoms with Gasteiger partial charge in [0.15, 0.2) is 0 Å². The molecule has 0 heteroatoms. The summed E-state index contributed by atoms with van der Waals surface area (Å²) in [6, 6.07) is 0. The zero-order valence-corrected chi connectivity index (χ0v) is 6.62. The molecule has 4 rings (SSSR count). The van der Waals surface area contributed by atoms with E-state index in [0.717, 1.165) is 23.7 Å². The van der Waals surface area contributed by atoms with Crippen molar-refractivity contribution in [2.75, 3.05) is 0 Å². The van der Waals surface area contributed by atoms with Gasteiger partial charge in [-0.1, -0.05) is 29.9 Å². The summed E-state index contributed by atoms with van der Waals surface area (Å²) in [4.78, 5) is 0. The van der Waals surface area contributed by atoms with Gasteiger partial charge in [0.25, 0.3) is 0 Å². The molecule has 0 saturated heterocycles. The molecule has 4 atom stereocenters. The molecule has 0 aromatic rings. The summed E-state index contributed by atoms with van der Waals surface area (Å²) in [7, 11) is 0. The second kappa shape index (κ2) is 1.10. The maximum Gasteiger partial charge on any atom is 0.0161 e. The third kappa shape index (κ3) is 0.257. The Morgan fingerprint density at radius 2 is 1.75 bits per heavy atom. The Bertz CT molecular complexity index is 446. The van der Waals surface area contributed by atoms with E-state index in [1.165, 1.54) is 0 Å². The van der Waals surface area contributed by atoms with Gasteiger partial charge in [-0.05, 0) is 16.7 Å². The van der Waals surface area contributed by atoms with Gasteiger partial charge in [-0.3, -0.25) is 0 Å². The van der Waals surface area contributed by atoms with Crippen molar-refractivity contribution in [1.82, 2.24) is 0 Å². The largest absolute Gasteiger partial charge is 0.0722 e. The molecule has 56 valence electrons. The highest BCUT2D eigenvalue weighted by Crippen LogP contribution is 2.68. The molecule has 0 amide bonds. The van der Waals surface area contributed by atoms with Gasteiger partial charge in [-0.15, -0.1) is 0 Å². The van der Waals surface area contributed by atoms with Crippen molar-refractivity contribution in [3.63, 3.8) is 0 Å². The van der Waals surface area contributed by atoms with Gasteiger partial charge in [-0.25, -0.2) is 0 Å². The number of rotatable bonds is 0. The van der Waals surface area contributed by atoms with Crippen LogP contribution in [-0.2, 0) is 0 Å². The molecule has 0 heterocycles. The van der Waals surface area contributed by atoms with Crippen molar-refractivity contribution in [2.24, 2.45) is 23.7 Å². The quantitative estimate of drug-likeness (QED) is 0.499. The van der Waals surface area contributed by atoms with Gasteiger partial charge < -0.3 is 0 Å². The summed E-state index contributed by atoms with van der Waals surface area (Å²) in [5, 5.41) is 0. The first-order valence-electron chi connectivity index (χ1n) is 4.80. The monoisotopic (exact) mass is 152 g/mol. The average molecular weight is 152 g/mol. The third-order valence-electron chi connectivity index (χ3n) is 4.33. The molecule has 0 aromatic heterocycles. The molecule has 4 aliphatic carbocycles. The zero-order chi connectivity index (χ0) is 7.45. The summed E-state index contributed by atoms with van der Waals surface area (Å²) in [5.41, 5.74) is 6.72.